The van der Waals surface area contributed by atoms with Crippen molar-refractivity contribution in [2.45, 2.75) is 13.1 Å². The molecule has 0 atom stereocenters. The van der Waals surface area contributed by atoms with E-state index in [1.165, 1.54) is 18.6 Å². The smallest absolute Gasteiger partial charge is 0.282 e. The second-order valence-electron chi connectivity index (χ2n) is 3.41. The molecule has 0 aromatic carbocycles. The molecule has 0 amide bonds. The zero-order valence-electron chi connectivity index (χ0n) is 10.0. The molecule has 1 aromatic heterocycles. The molecule has 18 heavy (non-hydrogen) atoms. The summed E-state index contributed by atoms with van der Waals surface area (Å²) in [5.41, 5.74) is -0.410. The minimum atomic E-state index is -0.410. The van der Waals surface area contributed by atoms with E-state index < -0.39 is 5.56 Å². The van der Waals surface area contributed by atoms with Gasteiger partial charge in [0.1, 0.15) is 0 Å². The third-order valence-corrected chi connectivity index (χ3v) is 2.00. The van der Waals surface area contributed by atoms with Crippen LogP contribution in [0.25, 0.3) is 0 Å². The SMILES string of the molecule is CB1C=CC=CC1.Cl.Cl.O=c1ccccn1O.[Zr]. The summed E-state index contributed by atoms with van der Waals surface area (Å²) >= 11 is 0. The van der Waals surface area contributed by atoms with Crippen LogP contribution in [0.1, 0.15) is 0 Å². The minimum absolute atomic E-state index is 0. The van der Waals surface area contributed by atoms with Crippen LogP contribution in [0.3, 0.4) is 0 Å². The number of nitrogens with zero attached hydrogens (tertiary/aromatic N) is 1. The monoisotopic (exact) mass is 365 g/mol. The molecule has 1 aliphatic heterocycles. The molecule has 1 aliphatic rings. The largest absolute Gasteiger partial charge is 0.425 e. The summed E-state index contributed by atoms with van der Waals surface area (Å²) in [6, 6.07) is 4.41. The molecule has 2 rings (SSSR count). The van der Waals surface area contributed by atoms with Gasteiger partial charge in [-0.2, -0.15) is 4.73 Å². The van der Waals surface area contributed by atoms with Crippen LogP contribution in [0.2, 0.25) is 13.1 Å². The molecule has 7 heteroatoms. The van der Waals surface area contributed by atoms with Crippen LogP contribution in [0, 0.1) is 0 Å². The zero-order chi connectivity index (χ0) is 11.1. The number of allylic oxidation sites excluding steroid dienone is 3. The Morgan fingerprint density at radius 2 is 1.94 bits per heavy atom. The van der Waals surface area contributed by atoms with Crippen LogP contribution in [0.4, 0.5) is 0 Å². The maximum atomic E-state index is 10.3. The second kappa shape index (κ2) is 13.2. The molecular weight excluding hydrogens is 351 g/mol. The first-order valence-electron chi connectivity index (χ1n) is 4.90. The summed E-state index contributed by atoms with van der Waals surface area (Å²) in [4.78, 5) is 10.3. The van der Waals surface area contributed by atoms with Gasteiger partial charge in [-0.1, -0.05) is 37.4 Å². The fraction of sp³-hybridized carbons (Fsp3) is 0.182. The predicted octanol–water partition coefficient (Wildman–Crippen LogP) is 2.70. The minimum Gasteiger partial charge on any atom is -0.425 e. The van der Waals surface area contributed by atoms with Crippen molar-refractivity contribution in [2.75, 3.05) is 0 Å². The molecular formula is C11H16BCl2NO2Zr. The van der Waals surface area contributed by atoms with E-state index in [1.807, 2.05) is 0 Å². The van der Waals surface area contributed by atoms with Gasteiger partial charge < -0.3 is 5.21 Å². The van der Waals surface area contributed by atoms with Gasteiger partial charge in [-0.15, -0.1) is 30.8 Å². The van der Waals surface area contributed by atoms with Gasteiger partial charge in [0.2, 0.25) is 0 Å². The van der Waals surface area contributed by atoms with Crippen LogP contribution in [0.15, 0.2) is 53.4 Å². The van der Waals surface area contributed by atoms with Crippen LogP contribution in [0.5, 0.6) is 0 Å². The van der Waals surface area contributed by atoms with Crippen molar-refractivity contribution in [2.24, 2.45) is 0 Å². The Labute approximate surface area is 139 Å². The zero-order valence-corrected chi connectivity index (χ0v) is 14.1. The Morgan fingerprint density at radius 1 is 1.28 bits per heavy atom. The first-order chi connectivity index (χ1) is 7.20. The molecule has 0 unspecified atom stereocenters. The molecule has 0 aliphatic carbocycles. The van der Waals surface area contributed by atoms with E-state index in [-0.39, 0.29) is 51.0 Å². The van der Waals surface area contributed by atoms with E-state index in [4.69, 9.17) is 5.21 Å². The molecule has 1 aromatic rings. The first kappa shape index (κ1) is 22.9. The van der Waals surface area contributed by atoms with Crippen molar-refractivity contribution in [1.29, 1.82) is 0 Å². The Bertz CT molecular complexity index is 424. The van der Waals surface area contributed by atoms with Crippen molar-refractivity contribution in [3.05, 3.63) is 59.0 Å². The summed E-state index contributed by atoms with van der Waals surface area (Å²) in [6.45, 7) is 2.99. The maximum Gasteiger partial charge on any atom is 0.282 e. The van der Waals surface area contributed by atoms with Gasteiger partial charge in [0, 0.05) is 38.5 Å². The first-order valence-corrected chi connectivity index (χ1v) is 4.90. The van der Waals surface area contributed by atoms with Crippen molar-refractivity contribution in [1.82, 2.24) is 4.73 Å². The quantitative estimate of drug-likeness (QED) is 0.566. The van der Waals surface area contributed by atoms with Gasteiger partial charge in [0.25, 0.3) is 5.56 Å². The average Bonchev–Trinajstić information content (AvgIpc) is 2.25. The summed E-state index contributed by atoms with van der Waals surface area (Å²) in [5, 5.41) is 8.52. The van der Waals surface area contributed by atoms with Gasteiger partial charge >= 0.3 is 0 Å². The van der Waals surface area contributed by atoms with Crippen molar-refractivity contribution < 1.29 is 31.4 Å². The predicted molar refractivity (Wildman–Crippen MR) is 77.1 cm³/mol. The Hall–Kier alpha value is -0.242. The molecule has 0 spiro atoms. The Balaban J connectivity index is -0.000000215. The van der Waals surface area contributed by atoms with E-state index in [9.17, 15) is 4.79 Å². The van der Waals surface area contributed by atoms with E-state index in [2.05, 4.69) is 31.0 Å². The molecule has 98 valence electrons. The van der Waals surface area contributed by atoms with Crippen molar-refractivity contribution in [3.8, 4) is 0 Å². The number of hydrogen-bond donors (Lipinski definition) is 1. The van der Waals surface area contributed by atoms with E-state index in [0.29, 0.717) is 4.73 Å². The summed E-state index contributed by atoms with van der Waals surface area (Å²) < 4.78 is 0.528. The molecule has 0 saturated heterocycles. The van der Waals surface area contributed by atoms with Crippen LogP contribution in [-0.2, 0) is 26.2 Å². The molecule has 0 saturated carbocycles. The molecule has 1 N–H and O–H groups in total. The summed E-state index contributed by atoms with van der Waals surface area (Å²) in [5.74, 6) is 2.22. The Morgan fingerprint density at radius 3 is 2.22 bits per heavy atom. The van der Waals surface area contributed by atoms with Gasteiger partial charge in [-0.3, -0.25) is 4.79 Å². The van der Waals surface area contributed by atoms with Gasteiger partial charge in [-0.05, 0) is 6.07 Å². The van der Waals surface area contributed by atoms with E-state index in [0.717, 1.165) is 6.71 Å². The van der Waals surface area contributed by atoms with Crippen molar-refractivity contribution in [3.63, 3.8) is 0 Å². The number of hydrogen-bond acceptors (Lipinski definition) is 2. The normalized spacial score (nSPS) is 11.1. The third-order valence-electron chi connectivity index (χ3n) is 2.00. The number of rotatable bonds is 0. The van der Waals surface area contributed by atoms with Gasteiger partial charge in [0.15, 0.2) is 6.71 Å². The Kier molecular flexibility index (Phi) is 16.8. The third kappa shape index (κ3) is 9.75. The number of aromatic nitrogens is 1. The van der Waals surface area contributed by atoms with E-state index >= 15 is 0 Å². The standard InChI is InChI=1S/C6H9B.C5H5NO2.2ClH.Zr/c1-7-5-3-2-4-6-7;7-5-3-1-2-4-6(5)8;;;/h2-5H,6H2,1H3;1-4,8H;2*1H;. The number of pyridine rings is 1. The summed E-state index contributed by atoms with van der Waals surface area (Å²) in [6.07, 6.45) is 8.90. The van der Waals surface area contributed by atoms with Crippen LogP contribution in [-0.4, -0.2) is 16.7 Å². The fourth-order valence-electron chi connectivity index (χ4n) is 1.12. The average molecular weight is 367 g/mol. The summed E-state index contributed by atoms with van der Waals surface area (Å²) in [7, 11) is 0. The van der Waals surface area contributed by atoms with Crippen LogP contribution >= 0.6 is 24.8 Å². The second-order valence-corrected chi connectivity index (χ2v) is 3.41. The topological polar surface area (TPSA) is 42.2 Å². The van der Waals surface area contributed by atoms with Crippen molar-refractivity contribution >= 4 is 31.5 Å². The number of halogens is 2. The fourth-order valence-corrected chi connectivity index (χ4v) is 1.12. The van der Waals surface area contributed by atoms with Gasteiger partial charge in [0.05, 0.1) is 0 Å². The van der Waals surface area contributed by atoms with Crippen LogP contribution < -0.4 is 5.56 Å². The molecule has 0 fully saturated rings. The molecule has 3 nitrogen and oxygen atoms in total. The molecule has 0 radical (unpaired) electrons. The maximum absolute atomic E-state index is 10.3. The van der Waals surface area contributed by atoms with E-state index in [1.54, 1.807) is 12.1 Å². The molecule has 0 bridgehead atoms. The molecule has 2 heterocycles. The van der Waals surface area contributed by atoms with Gasteiger partial charge in [-0.25, -0.2) is 0 Å².